The molecule has 2 heterocycles. The van der Waals surface area contributed by atoms with Crippen molar-refractivity contribution < 1.29 is 4.79 Å². The molecule has 1 atom stereocenters. The molecular weight excluding hydrogens is 334 g/mol. The topological polar surface area (TPSA) is 38.1 Å². The molecule has 0 spiro atoms. The number of Topliss-reactive ketones (excluding diaryl/α,β-unsaturated/α-hetero) is 1. The minimum absolute atomic E-state index is 0.0650. The van der Waals surface area contributed by atoms with Crippen molar-refractivity contribution in [3.05, 3.63) is 51.8 Å². The number of nitrogens with zero attached hydrogens (tertiary/aromatic N) is 3. The van der Waals surface area contributed by atoms with Crippen LogP contribution in [0.3, 0.4) is 0 Å². The Labute approximate surface area is 154 Å². The number of carbonyl (C=O) groups is 1. The molecule has 0 amide bonds. The number of rotatable bonds is 5. The van der Waals surface area contributed by atoms with Crippen molar-refractivity contribution in [3.8, 4) is 0 Å². The van der Waals surface area contributed by atoms with Crippen LogP contribution in [-0.4, -0.2) is 33.6 Å². The minimum atomic E-state index is 0.0650. The first-order chi connectivity index (χ1) is 12.0. The highest BCUT2D eigenvalue weighted by Gasteiger charge is 2.27. The lowest BCUT2D eigenvalue weighted by Gasteiger charge is -2.32. The van der Waals surface area contributed by atoms with Crippen LogP contribution in [0.1, 0.15) is 46.9 Å². The molecule has 0 radical (unpaired) electrons. The number of likely N-dealkylation sites (tertiary alicyclic amines) is 1. The summed E-state index contributed by atoms with van der Waals surface area (Å²) in [6, 6.07) is 5.55. The molecule has 4 nitrogen and oxygen atoms in total. The zero-order valence-corrected chi connectivity index (χ0v) is 16.0. The van der Waals surface area contributed by atoms with Crippen molar-refractivity contribution in [2.45, 2.75) is 46.7 Å². The third-order valence-corrected chi connectivity index (χ3v) is 5.33. The Hall–Kier alpha value is -1.65. The highest BCUT2D eigenvalue weighted by Crippen LogP contribution is 2.25. The van der Waals surface area contributed by atoms with Crippen LogP contribution >= 0.6 is 11.6 Å². The highest BCUT2D eigenvalue weighted by atomic mass is 35.5. The van der Waals surface area contributed by atoms with Gasteiger partial charge in [0.25, 0.3) is 0 Å². The predicted octanol–water partition coefficient (Wildman–Crippen LogP) is 4.27. The zero-order valence-electron chi connectivity index (χ0n) is 15.3. The second-order valence-corrected chi connectivity index (χ2v) is 7.43. The first-order valence-electron chi connectivity index (χ1n) is 9.03. The second-order valence-electron chi connectivity index (χ2n) is 6.99. The highest BCUT2D eigenvalue weighted by molar-refractivity contribution is 6.30. The average Bonchev–Trinajstić information content (AvgIpc) is 2.94. The van der Waals surface area contributed by atoms with E-state index < -0.39 is 0 Å². The third kappa shape index (κ3) is 4.13. The van der Waals surface area contributed by atoms with Gasteiger partial charge in [-0.25, -0.2) is 0 Å². The lowest BCUT2D eigenvalue weighted by atomic mass is 9.88. The first kappa shape index (κ1) is 18.2. The molecule has 1 saturated heterocycles. The molecular formula is C20H26ClN3O. The Balaban J connectivity index is 1.70. The number of ketones is 1. The molecule has 0 saturated carbocycles. The summed E-state index contributed by atoms with van der Waals surface area (Å²) >= 11 is 6.02. The van der Waals surface area contributed by atoms with Crippen LogP contribution < -0.4 is 0 Å². The van der Waals surface area contributed by atoms with Crippen molar-refractivity contribution in [1.82, 2.24) is 14.7 Å². The summed E-state index contributed by atoms with van der Waals surface area (Å²) in [5, 5.41) is 5.21. The molecule has 5 heteroatoms. The Kier molecular flexibility index (Phi) is 5.60. The van der Waals surface area contributed by atoms with Crippen LogP contribution in [0.25, 0.3) is 0 Å². The van der Waals surface area contributed by atoms with Crippen LogP contribution in [-0.2, 0) is 13.1 Å². The fourth-order valence-electron chi connectivity index (χ4n) is 3.65. The second kappa shape index (κ2) is 7.71. The number of aromatic nitrogens is 2. The van der Waals surface area contributed by atoms with E-state index in [-0.39, 0.29) is 11.7 Å². The van der Waals surface area contributed by atoms with Gasteiger partial charge >= 0.3 is 0 Å². The summed E-state index contributed by atoms with van der Waals surface area (Å²) in [6.45, 7) is 9.73. The average molecular weight is 360 g/mol. The quantitative estimate of drug-likeness (QED) is 0.748. The third-order valence-electron chi connectivity index (χ3n) is 5.10. The van der Waals surface area contributed by atoms with Crippen molar-refractivity contribution in [2.75, 3.05) is 13.1 Å². The van der Waals surface area contributed by atoms with E-state index in [4.69, 9.17) is 11.6 Å². The Morgan fingerprint density at radius 2 is 2.16 bits per heavy atom. The molecule has 134 valence electrons. The molecule has 1 aliphatic rings. The maximum atomic E-state index is 13.0. The van der Waals surface area contributed by atoms with E-state index in [1.807, 2.05) is 29.8 Å². The van der Waals surface area contributed by atoms with Crippen molar-refractivity contribution >= 4 is 17.4 Å². The lowest BCUT2D eigenvalue weighted by Crippen LogP contribution is -2.38. The fraction of sp³-hybridized carbons (Fsp3) is 0.500. The van der Waals surface area contributed by atoms with Gasteiger partial charge in [0.1, 0.15) is 0 Å². The predicted molar refractivity (Wildman–Crippen MR) is 101 cm³/mol. The molecule has 0 aliphatic carbocycles. The number of aryl methyl sites for hydroxylation is 3. The van der Waals surface area contributed by atoms with E-state index in [1.54, 1.807) is 0 Å². The number of hydrogen-bond acceptors (Lipinski definition) is 3. The van der Waals surface area contributed by atoms with Gasteiger partial charge in [-0.05, 0) is 63.9 Å². The summed E-state index contributed by atoms with van der Waals surface area (Å²) in [7, 11) is 0. The van der Waals surface area contributed by atoms with Crippen LogP contribution in [0, 0.1) is 19.8 Å². The molecule has 3 rings (SSSR count). The van der Waals surface area contributed by atoms with E-state index >= 15 is 0 Å². The molecule has 0 unspecified atom stereocenters. The molecule has 1 aromatic carbocycles. The molecule has 2 aromatic rings. The van der Waals surface area contributed by atoms with Gasteiger partial charge in [-0.1, -0.05) is 11.6 Å². The SMILES string of the molecule is CCn1cc(CN2CCC[C@@H](C(=O)c3ccc(Cl)cc3C)C2)c(C)n1. The summed E-state index contributed by atoms with van der Waals surface area (Å²) in [5.41, 5.74) is 4.13. The van der Waals surface area contributed by atoms with Gasteiger partial charge in [-0.15, -0.1) is 0 Å². The number of halogens is 1. The molecule has 1 fully saturated rings. The van der Waals surface area contributed by atoms with Crippen LogP contribution in [0.15, 0.2) is 24.4 Å². The zero-order chi connectivity index (χ0) is 18.0. The monoisotopic (exact) mass is 359 g/mol. The number of carbonyl (C=O) groups excluding carboxylic acids is 1. The van der Waals surface area contributed by atoms with Crippen molar-refractivity contribution in [2.24, 2.45) is 5.92 Å². The van der Waals surface area contributed by atoms with Gasteiger partial charge in [0.2, 0.25) is 0 Å². The Morgan fingerprint density at radius 3 is 2.84 bits per heavy atom. The number of benzene rings is 1. The van der Waals surface area contributed by atoms with E-state index in [0.29, 0.717) is 5.02 Å². The van der Waals surface area contributed by atoms with E-state index in [0.717, 1.165) is 55.8 Å². The van der Waals surface area contributed by atoms with Crippen molar-refractivity contribution in [1.29, 1.82) is 0 Å². The summed E-state index contributed by atoms with van der Waals surface area (Å²) in [4.78, 5) is 15.4. The summed E-state index contributed by atoms with van der Waals surface area (Å²) < 4.78 is 1.98. The number of hydrogen-bond donors (Lipinski definition) is 0. The first-order valence-corrected chi connectivity index (χ1v) is 9.41. The van der Waals surface area contributed by atoms with E-state index in [9.17, 15) is 4.79 Å². The van der Waals surface area contributed by atoms with Gasteiger partial charge in [0.15, 0.2) is 5.78 Å². The van der Waals surface area contributed by atoms with Gasteiger partial charge in [-0.2, -0.15) is 5.10 Å². The molecule has 0 N–H and O–H groups in total. The smallest absolute Gasteiger partial charge is 0.167 e. The van der Waals surface area contributed by atoms with Gasteiger partial charge in [0, 0.05) is 47.9 Å². The molecule has 25 heavy (non-hydrogen) atoms. The van der Waals surface area contributed by atoms with Crippen molar-refractivity contribution in [3.63, 3.8) is 0 Å². The normalized spacial score (nSPS) is 18.5. The van der Waals surface area contributed by atoms with Gasteiger partial charge in [-0.3, -0.25) is 14.4 Å². The van der Waals surface area contributed by atoms with Crippen LogP contribution in [0.5, 0.6) is 0 Å². The lowest BCUT2D eigenvalue weighted by molar-refractivity contribution is 0.0811. The molecule has 0 bridgehead atoms. The number of piperidine rings is 1. The molecule has 1 aliphatic heterocycles. The Bertz CT molecular complexity index is 768. The maximum Gasteiger partial charge on any atom is 0.167 e. The van der Waals surface area contributed by atoms with E-state index in [2.05, 4.69) is 30.0 Å². The van der Waals surface area contributed by atoms with Crippen LogP contribution in [0.4, 0.5) is 0 Å². The summed E-state index contributed by atoms with van der Waals surface area (Å²) in [6.07, 6.45) is 4.15. The summed E-state index contributed by atoms with van der Waals surface area (Å²) in [5.74, 6) is 0.315. The maximum absolute atomic E-state index is 13.0. The minimum Gasteiger partial charge on any atom is -0.298 e. The molecule has 1 aromatic heterocycles. The fourth-order valence-corrected chi connectivity index (χ4v) is 3.88. The van der Waals surface area contributed by atoms with Gasteiger partial charge in [0.05, 0.1) is 5.69 Å². The Morgan fingerprint density at radius 1 is 1.36 bits per heavy atom. The van der Waals surface area contributed by atoms with E-state index in [1.165, 1.54) is 5.56 Å². The van der Waals surface area contributed by atoms with Gasteiger partial charge < -0.3 is 0 Å². The largest absolute Gasteiger partial charge is 0.298 e. The van der Waals surface area contributed by atoms with Crippen LogP contribution in [0.2, 0.25) is 5.02 Å². The standard InChI is InChI=1S/C20H26ClN3O/c1-4-24-13-17(15(3)22-24)12-23-9-5-6-16(11-23)20(25)19-8-7-18(21)10-14(19)2/h7-8,10,13,16H,4-6,9,11-12H2,1-3H3/t16-/m1/s1.